The van der Waals surface area contributed by atoms with E-state index in [1.165, 1.54) is 6.07 Å². The first-order valence-corrected chi connectivity index (χ1v) is 8.99. The van der Waals surface area contributed by atoms with Gasteiger partial charge in [-0.25, -0.2) is 4.39 Å². The highest BCUT2D eigenvalue weighted by Gasteiger charge is 2.32. The minimum absolute atomic E-state index is 0.276. The zero-order valence-electron chi connectivity index (χ0n) is 11.1. The standard InChI is InChI=1S/C16H13Br2Cl2F/c17-13-4-2-1-3-12(13)16(9-19,10-20)8-11-5-6-15(21)14(18)7-11/h1-7H,8-10H2. The molecule has 21 heavy (non-hydrogen) atoms. The van der Waals surface area contributed by atoms with Gasteiger partial charge in [0.25, 0.3) is 0 Å². The Morgan fingerprint density at radius 2 is 1.62 bits per heavy atom. The van der Waals surface area contributed by atoms with Gasteiger partial charge in [0.05, 0.1) is 4.47 Å². The van der Waals surface area contributed by atoms with Gasteiger partial charge >= 0.3 is 0 Å². The van der Waals surface area contributed by atoms with Crippen molar-refractivity contribution in [2.24, 2.45) is 0 Å². The molecule has 0 nitrogen and oxygen atoms in total. The predicted molar refractivity (Wildman–Crippen MR) is 95.1 cm³/mol. The highest BCUT2D eigenvalue weighted by atomic mass is 79.9. The van der Waals surface area contributed by atoms with Crippen LogP contribution in [0.3, 0.4) is 0 Å². The average Bonchev–Trinajstić information content (AvgIpc) is 2.49. The van der Waals surface area contributed by atoms with Crippen molar-refractivity contribution in [3.8, 4) is 0 Å². The Morgan fingerprint density at radius 1 is 0.952 bits per heavy atom. The van der Waals surface area contributed by atoms with Crippen LogP contribution >= 0.6 is 55.1 Å². The van der Waals surface area contributed by atoms with Crippen LogP contribution in [0.5, 0.6) is 0 Å². The number of halogens is 5. The van der Waals surface area contributed by atoms with E-state index in [2.05, 4.69) is 31.9 Å². The zero-order valence-corrected chi connectivity index (χ0v) is 15.7. The fourth-order valence-electron chi connectivity index (χ4n) is 2.30. The monoisotopic (exact) mass is 452 g/mol. The molecule has 0 fully saturated rings. The molecule has 0 N–H and O–H groups in total. The summed E-state index contributed by atoms with van der Waals surface area (Å²) in [6, 6.07) is 12.9. The molecule has 0 radical (unpaired) electrons. The summed E-state index contributed by atoms with van der Waals surface area (Å²) < 4.78 is 14.8. The van der Waals surface area contributed by atoms with Crippen molar-refractivity contribution in [2.75, 3.05) is 11.8 Å². The predicted octanol–water partition coefficient (Wildman–Crippen LogP) is 6.31. The van der Waals surface area contributed by atoms with E-state index in [0.29, 0.717) is 22.7 Å². The molecule has 0 heterocycles. The van der Waals surface area contributed by atoms with E-state index < -0.39 is 5.41 Å². The second-order valence-corrected chi connectivity index (χ2v) is 7.20. The Morgan fingerprint density at radius 3 is 2.19 bits per heavy atom. The molecule has 2 rings (SSSR count). The third kappa shape index (κ3) is 3.82. The van der Waals surface area contributed by atoms with Crippen molar-refractivity contribution >= 4 is 55.1 Å². The maximum Gasteiger partial charge on any atom is 0.137 e. The summed E-state index contributed by atoms with van der Waals surface area (Å²) in [5.74, 6) is 0.490. The lowest BCUT2D eigenvalue weighted by atomic mass is 9.79. The highest BCUT2D eigenvalue weighted by molar-refractivity contribution is 9.10. The van der Waals surface area contributed by atoms with Gasteiger partial charge in [-0.05, 0) is 51.7 Å². The van der Waals surface area contributed by atoms with E-state index in [1.807, 2.05) is 24.3 Å². The summed E-state index contributed by atoms with van der Waals surface area (Å²) in [5.41, 5.74) is 1.65. The number of hydrogen-bond acceptors (Lipinski definition) is 0. The van der Waals surface area contributed by atoms with E-state index >= 15 is 0 Å². The summed E-state index contributed by atoms with van der Waals surface area (Å²) in [6.07, 6.45) is 0.640. The summed E-state index contributed by atoms with van der Waals surface area (Å²) in [7, 11) is 0. The third-order valence-corrected chi connectivity index (χ3v) is 5.81. The Hall–Kier alpha value is -0.0900. The molecule has 0 amide bonds. The molecular formula is C16H13Br2Cl2F. The number of alkyl halides is 2. The lowest BCUT2D eigenvalue weighted by Crippen LogP contribution is -2.33. The summed E-state index contributed by atoms with van der Waals surface area (Å²) in [4.78, 5) is 0. The Labute approximate surface area is 150 Å². The molecule has 0 aliphatic carbocycles. The minimum Gasteiger partial charge on any atom is -0.206 e. The van der Waals surface area contributed by atoms with E-state index in [-0.39, 0.29) is 5.82 Å². The van der Waals surface area contributed by atoms with Crippen LogP contribution in [0.1, 0.15) is 11.1 Å². The van der Waals surface area contributed by atoms with E-state index in [4.69, 9.17) is 23.2 Å². The lowest BCUT2D eigenvalue weighted by Gasteiger charge is -2.31. The van der Waals surface area contributed by atoms with Gasteiger partial charge < -0.3 is 0 Å². The molecule has 5 heteroatoms. The Bertz CT molecular complexity index is 627. The normalized spacial score (nSPS) is 11.7. The molecule has 0 spiro atoms. The zero-order chi connectivity index (χ0) is 15.5. The van der Waals surface area contributed by atoms with Crippen LogP contribution < -0.4 is 0 Å². The van der Waals surface area contributed by atoms with Gasteiger partial charge in [0, 0.05) is 21.6 Å². The second-order valence-electron chi connectivity index (χ2n) is 4.95. The summed E-state index contributed by atoms with van der Waals surface area (Å²) in [6.45, 7) is 0. The fraction of sp³-hybridized carbons (Fsp3) is 0.250. The maximum atomic E-state index is 13.4. The first-order valence-electron chi connectivity index (χ1n) is 6.33. The van der Waals surface area contributed by atoms with E-state index in [1.54, 1.807) is 12.1 Å². The fourth-order valence-corrected chi connectivity index (χ4v) is 4.20. The third-order valence-electron chi connectivity index (χ3n) is 3.48. The first kappa shape index (κ1) is 17.3. The molecule has 112 valence electrons. The summed E-state index contributed by atoms with van der Waals surface area (Å²) in [5, 5.41) is 0. The molecule has 0 atom stereocenters. The molecule has 2 aromatic rings. The lowest BCUT2D eigenvalue weighted by molar-refractivity contribution is 0.532. The van der Waals surface area contributed by atoms with Crippen LogP contribution in [0, 0.1) is 5.82 Å². The van der Waals surface area contributed by atoms with Crippen molar-refractivity contribution in [1.29, 1.82) is 0 Å². The van der Waals surface area contributed by atoms with Gasteiger partial charge in [0.2, 0.25) is 0 Å². The van der Waals surface area contributed by atoms with Crippen LogP contribution in [-0.2, 0) is 11.8 Å². The number of rotatable bonds is 5. The molecule has 0 saturated heterocycles. The van der Waals surface area contributed by atoms with E-state index in [0.717, 1.165) is 15.6 Å². The molecule has 0 aliphatic rings. The first-order chi connectivity index (χ1) is 10.0. The van der Waals surface area contributed by atoms with Gasteiger partial charge in [0.1, 0.15) is 5.82 Å². The molecular weight excluding hydrogens is 442 g/mol. The molecule has 0 unspecified atom stereocenters. The topological polar surface area (TPSA) is 0 Å². The average molecular weight is 455 g/mol. The van der Waals surface area contributed by atoms with Crippen molar-refractivity contribution in [3.63, 3.8) is 0 Å². The molecule has 0 aromatic heterocycles. The van der Waals surface area contributed by atoms with Gasteiger partial charge in [-0.1, -0.05) is 40.2 Å². The van der Waals surface area contributed by atoms with Gasteiger partial charge in [-0.2, -0.15) is 0 Å². The van der Waals surface area contributed by atoms with E-state index in [9.17, 15) is 4.39 Å². The van der Waals surface area contributed by atoms with Crippen LogP contribution in [0.2, 0.25) is 0 Å². The SMILES string of the molecule is Fc1ccc(CC(CCl)(CCl)c2ccccc2Br)cc1Br. The van der Waals surface area contributed by atoms with Crippen LogP contribution in [0.4, 0.5) is 4.39 Å². The Balaban J connectivity index is 2.43. The largest absolute Gasteiger partial charge is 0.206 e. The second kappa shape index (κ2) is 7.45. The van der Waals surface area contributed by atoms with Crippen molar-refractivity contribution in [2.45, 2.75) is 11.8 Å². The molecule has 2 aromatic carbocycles. The van der Waals surface area contributed by atoms with Gasteiger partial charge in [-0.3, -0.25) is 0 Å². The number of benzene rings is 2. The van der Waals surface area contributed by atoms with Crippen LogP contribution in [0.25, 0.3) is 0 Å². The van der Waals surface area contributed by atoms with Crippen LogP contribution in [-0.4, -0.2) is 11.8 Å². The molecule has 0 aliphatic heterocycles. The maximum absolute atomic E-state index is 13.4. The quantitative estimate of drug-likeness (QED) is 0.464. The Kier molecular flexibility index (Phi) is 6.13. The molecule has 0 saturated carbocycles. The molecule has 0 bridgehead atoms. The van der Waals surface area contributed by atoms with Crippen molar-refractivity contribution in [3.05, 3.63) is 68.4 Å². The van der Waals surface area contributed by atoms with Gasteiger partial charge in [-0.15, -0.1) is 23.2 Å². The minimum atomic E-state index is -0.402. The van der Waals surface area contributed by atoms with Crippen molar-refractivity contribution in [1.82, 2.24) is 0 Å². The highest BCUT2D eigenvalue weighted by Crippen LogP contribution is 2.36. The van der Waals surface area contributed by atoms with Gasteiger partial charge in [0.15, 0.2) is 0 Å². The number of hydrogen-bond donors (Lipinski definition) is 0. The van der Waals surface area contributed by atoms with Crippen LogP contribution in [0.15, 0.2) is 51.4 Å². The van der Waals surface area contributed by atoms with Crippen molar-refractivity contribution < 1.29 is 4.39 Å². The smallest absolute Gasteiger partial charge is 0.137 e. The summed E-state index contributed by atoms with van der Waals surface area (Å²) >= 11 is 19.3.